The summed E-state index contributed by atoms with van der Waals surface area (Å²) in [6, 6.07) is 11.9. The molecule has 1 aliphatic heterocycles. The summed E-state index contributed by atoms with van der Waals surface area (Å²) in [5.41, 5.74) is 1.79. The Labute approximate surface area is 181 Å². The van der Waals surface area contributed by atoms with Gasteiger partial charge in [0.1, 0.15) is 17.6 Å². The molecule has 3 amide bonds. The summed E-state index contributed by atoms with van der Waals surface area (Å²) in [5, 5.41) is 15.0. The molecule has 1 saturated heterocycles. The number of halogens is 1. The van der Waals surface area contributed by atoms with Gasteiger partial charge in [-0.05, 0) is 48.4 Å². The summed E-state index contributed by atoms with van der Waals surface area (Å²) in [7, 11) is 0. The molecule has 3 rings (SSSR count). The first kappa shape index (κ1) is 22.4. The van der Waals surface area contributed by atoms with Gasteiger partial charge in [-0.1, -0.05) is 25.5 Å². The van der Waals surface area contributed by atoms with E-state index in [1.165, 1.54) is 12.1 Å². The van der Waals surface area contributed by atoms with E-state index in [9.17, 15) is 19.1 Å². The molecule has 0 saturated carbocycles. The van der Waals surface area contributed by atoms with Gasteiger partial charge in [0, 0.05) is 38.4 Å². The number of anilines is 1. The van der Waals surface area contributed by atoms with Crippen molar-refractivity contribution in [1.29, 1.82) is 0 Å². The van der Waals surface area contributed by atoms with Crippen LogP contribution in [0.15, 0.2) is 48.5 Å². The zero-order valence-electron chi connectivity index (χ0n) is 17.7. The van der Waals surface area contributed by atoms with E-state index in [2.05, 4.69) is 15.5 Å². The predicted octanol–water partition coefficient (Wildman–Crippen LogP) is 2.85. The van der Waals surface area contributed by atoms with Crippen LogP contribution in [0.2, 0.25) is 0 Å². The minimum Gasteiger partial charge on any atom is -0.508 e. The molecule has 0 spiro atoms. The van der Waals surface area contributed by atoms with E-state index in [4.69, 9.17) is 0 Å². The van der Waals surface area contributed by atoms with E-state index in [0.717, 1.165) is 17.7 Å². The topological polar surface area (TPSA) is 84.9 Å². The zero-order chi connectivity index (χ0) is 22.2. The highest BCUT2D eigenvalue weighted by atomic mass is 19.1. The summed E-state index contributed by atoms with van der Waals surface area (Å²) in [5.74, 6) is -0.180. The van der Waals surface area contributed by atoms with Gasteiger partial charge in [-0.25, -0.2) is 9.18 Å². The van der Waals surface area contributed by atoms with Gasteiger partial charge in [0.15, 0.2) is 0 Å². The second-order valence-corrected chi connectivity index (χ2v) is 7.62. The number of amides is 3. The number of benzene rings is 2. The first-order valence-electron chi connectivity index (χ1n) is 10.6. The van der Waals surface area contributed by atoms with Crippen molar-refractivity contribution in [3.63, 3.8) is 0 Å². The number of piperazine rings is 1. The van der Waals surface area contributed by atoms with Gasteiger partial charge in [0.25, 0.3) is 0 Å². The standard InChI is InChI=1S/C23H29FN4O3/c1-2-3-21(26-23(31)25-16-17-4-6-18(24)7-5-17)22(30)28-14-12-27(13-15-28)19-8-10-20(29)11-9-19/h4-11,21,29H,2-3,12-16H2,1H3,(H2,25,26,31). The summed E-state index contributed by atoms with van der Waals surface area (Å²) < 4.78 is 13.0. The fourth-order valence-electron chi connectivity index (χ4n) is 3.61. The molecule has 7 nitrogen and oxygen atoms in total. The van der Waals surface area contributed by atoms with Crippen LogP contribution in [0, 0.1) is 5.82 Å². The van der Waals surface area contributed by atoms with Gasteiger partial charge in [-0.3, -0.25) is 4.79 Å². The molecule has 0 bridgehead atoms. The predicted molar refractivity (Wildman–Crippen MR) is 117 cm³/mol. The highest BCUT2D eigenvalue weighted by Gasteiger charge is 2.28. The number of aromatic hydroxyl groups is 1. The third kappa shape index (κ3) is 6.34. The molecule has 0 aromatic heterocycles. The van der Waals surface area contributed by atoms with Crippen LogP contribution in [-0.4, -0.2) is 54.2 Å². The van der Waals surface area contributed by atoms with Crippen molar-refractivity contribution < 1.29 is 19.1 Å². The number of phenolic OH excluding ortho intramolecular Hbond substituents is 1. The third-order valence-electron chi connectivity index (χ3n) is 5.35. The molecule has 2 aromatic carbocycles. The second-order valence-electron chi connectivity index (χ2n) is 7.62. The second kappa shape index (κ2) is 10.7. The quantitative estimate of drug-likeness (QED) is 0.633. The molecule has 1 atom stereocenters. The molecule has 1 heterocycles. The Morgan fingerprint density at radius 2 is 1.68 bits per heavy atom. The van der Waals surface area contributed by atoms with E-state index in [0.29, 0.717) is 32.6 Å². The maximum Gasteiger partial charge on any atom is 0.315 e. The largest absolute Gasteiger partial charge is 0.508 e. The van der Waals surface area contributed by atoms with Crippen molar-refractivity contribution in [2.75, 3.05) is 31.1 Å². The number of carbonyl (C=O) groups is 2. The summed E-state index contributed by atoms with van der Waals surface area (Å²) in [4.78, 5) is 29.3. The van der Waals surface area contributed by atoms with Crippen molar-refractivity contribution in [3.05, 3.63) is 59.9 Å². The Morgan fingerprint density at radius 3 is 2.29 bits per heavy atom. The Morgan fingerprint density at radius 1 is 1.03 bits per heavy atom. The monoisotopic (exact) mass is 428 g/mol. The zero-order valence-corrected chi connectivity index (χ0v) is 17.7. The molecular weight excluding hydrogens is 399 g/mol. The average Bonchev–Trinajstić information content (AvgIpc) is 2.78. The minimum absolute atomic E-state index is 0.0795. The van der Waals surface area contributed by atoms with E-state index in [1.54, 1.807) is 29.2 Å². The highest BCUT2D eigenvalue weighted by molar-refractivity contribution is 5.87. The van der Waals surface area contributed by atoms with E-state index >= 15 is 0 Å². The highest BCUT2D eigenvalue weighted by Crippen LogP contribution is 2.20. The Balaban J connectivity index is 1.50. The fourth-order valence-corrected chi connectivity index (χ4v) is 3.61. The van der Waals surface area contributed by atoms with Crippen molar-refractivity contribution in [2.45, 2.75) is 32.4 Å². The lowest BCUT2D eigenvalue weighted by Gasteiger charge is -2.37. The molecule has 3 N–H and O–H groups in total. The smallest absolute Gasteiger partial charge is 0.315 e. The lowest BCUT2D eigenvalue weighted by molar-refractivity contribution is -0.133. The van der Waals surface area contributed by atoms with Gasteiger partial charge < -0.3 is 25.5 Å². The molecule has 1 aliphatic rings. The molecule has 166 valence electrons. The average molecular weight is 429 g/mol. The molecular formula is C23H29FN4O3. The Bertz CT molecular complexity index is 865. The van der Waals surface area contributed by atoms with Gasteiger partial charge >= 0.3 is 6.03 Å². The van der Waals surface area contributed by atoms with E-state index < -0.39 is 12.1 Å². The van der Waals surface area contributed by atoms with Gasteiger partial charge in [0.05, 0.1) is 0 Å². The van der Waals surface area contributed by atoms with Crippen molar-refractivity contribution in [2.24, 2.45) is 0 Å². The summed E-state index contributed by atoms with van der Waals surface area (Å²) in [6.07, 6.45) is 1.32. The SMILES string of the molecule is CCCC(NC(=O)NCc1ccc(F)cc1)C(=O)N1CCN(c2ccc(O)cc2)CC1. The van der Waals surface area contributed by atoms with Crippen LogP contribution in [0.1, 0.15) is 25.3 Å². The number of phenols is 1. The Hall–Kier alpha value is -3.29. The lowest BCUT2D eigenvalue weighted by Crippen LogP contribution is -2.56. The number of urea groups is 1. The Kier molecular flexibility index (Phi) is 7.70. The molecule has 1 unspecified atom stereocenters. The van der Waals surface area contributed by atoms with Crippen LogP contribution in [0.5, 0.6) is 5.75 Å². The molecule has 0 aliphatic carbocycles. The van der Waals surface area contributed by atoms with Gasteiger partial charge in [0.2, 0.25) is 5.91 Å². The summed E-state index contributed by atoms with van der Waals surface area (Å²) >= 11 is 0. The van der Waals surface area contributed by atoms with Crippen molar-refractivity contribution in [1.82, 2.24) is 15.5 Å². The van der Waals surface area contributed by atoms with Crippen LogP contribution in [0.4, 0.5) is 14.9 Å². The maximum absolute atomic E-state index is 13.0. The molecule has 1 fully saturated rings. The molecule has 0 radical (unpaired) electrons. The fraction of sp³-hybridized carbons (Fsp3) is 0.391. The minimum atomic E-state index is -0.585. The third-order valence-corrected chi connectivity index (χ3v) is 5.35. The first-order chi connectivity index (χ1) is 15.0. The van der Waals surface area contributed by atoms with Crippen LogP contribution < -0.4 is 15.5 Å². The van der Waals surface area contributed by atoms with Crippen LogP contribution in [-0.2, 0) is 11.3 Å². The van der Waals surface area contributed by atoms with Gasteiger partial charge in [-0.2, -0.15) is 0 Å². The van der Waals surface area contributed by atoms with Crippen molar-refractivity contribution >= 4 is 17.6 Å². The maximum atomic E-state index is 13.0. The van der Waals surface area contributed by atoms with Gasteiger partial charge in [-0.15, -0.1) is 0 Å². The number of hydrogen-bond acceptors (Lipinski definition) is 4. The number of nitrogens with zero attached hydrogens (tertiary/aromatic N) is 2. The van der Waals surface area contributed by atoms with Crippen molar-refractivity contribution in [3.8, 4) is 5.75 Å². The van der Waals surface area contributed by atoms with Crippen LogP contribution >= 0.6 is 0 Å². The molecule has 2 aromatic rings. The van der Waals surface area contributed by atoms with E-state index in [-0.39, 0.29) is 24.0 Å². The number of rotatable bonds is 7. The van der Waals surface area contributed by atoms with Crippen LogP contribution in [0.3, 0.4) is 0 Å². The summed E-state index contributed by atoms with van der Waals surface area (Å²) in [6.45, 7) is 4.74. The molecule has 31 heavy (non-hydrogen) atoms. The first-order valence-corrected chi connectivity index (χ1v) is 10.6. The number of hydrogen-bond donors (Lipinski definition) is 3. The lowest BCUT2D eigenvalue weighted by atomic mass is 10.1. The normalized spacial score (nSPS) is 14.8. The number of nitrogens with one attached hydrogen (secondary N) is 2. The van der Waals surface area contributed by atoms with Crippen LogP contribution in [0.25, 0.3) is 0 Å². The molecule has 8 heteroatoms. The number of carbonyl (C=O) groups excluding carboxylic acids is 2. The van der Waals surface area contributed by atoms with E-state index in [1.807, 2.05) is 19.1 Å².